The monoisotopic (exact) mass is 338 g/mol. The minimum absolute atomic E-state index is 0.768. The van der Waals surface area contributed by atoms with Crippen molar-refractivity contribution in [3.63, 3.8) is 0 Å². The first-order valence-electron chi connectivity index (χ1n) is 9.41. The van der Waals surface area contributed by atoms with Crippen LogP contribution in [0.1, 0.15) is 25.8 Å². The highest BCUT2D eigenvalue weighted by Crippen LogP contribution is 2.28. The van der Waals surface area contributed by atoms with Gasteiger partial charge in [-0.15, -0.1) is 0 Å². The molecule has 3 heteroatoms. The van der Waals surface area contributed by atoms with Crippen LogP contribution in [0, 0.1) is 0 Å². The van der Waals surface area contributed by atoms with Gasteiger partial charge in [0.1, 0.15) is 0 Å². The van der Waals surface area contributed by atoms with E-state index in [1.165, 1.54) is 11.1 Å². The maximum absolute atomic E-state index is 10.9. The van der Waals surface area contributed by atoms with Gasteiger partial charge in [-0.1, -0.05) is 61.5 Å². The standard InChI is InChI=1S/C22H30N2O/c1-3-23-15-17-24(18-16-23)14-13-22(2,25)21-11-9-20(10-12-21)19-7-5-4-6-8-19/h4-12,25H,3,13-18H2,1-2H3. The van der Waals surface area contributed by atoms with Crippen LogP contribution in [-0.2, 0) is 5.60 Å². The first-order chi connectivity index (χ1) is 12.1. The van der Waals surface area contributed by atoms with Gasteiger partial charge in [0, 0.05) is 32.7 Å². The van der Waals surface area contributed by atoms with Gasteiger partial charge in [0.25, 0.3) is 0 Å². The lowest BCUT2D eigenvalue weighted by atomic mass is 9.90. The summed E-state index contributed by atoms with van der Waals surface area (Å²) in [6.45, 7) is 10.7. The summed E-state index contributed by atoms with van der Waals surface area (Å²) in [4.78, 5) is 4.95. The van der Waals surface area contributed by atoms with Crippen molar-refractivity contribution >= 4 is 0 Å². The van der Waals surface area contributed by atoms with E-state index in [4.69, 9.17) is 0 Å². The van der Waals surface area contributed by atoms with Crippen LogP contribution in [0.15, 0.2) is 54.6 Å². The van der Waals surface area contributed by atoms with Crippen LogP contribution in [0.3, 0.4) is 0 Å². The zero-order valence-corrected chi connectivity index (χ0v) is 15.5. The number of benzene rings is 2. The minimum Gasteiger partial charge on any atom is -0.385 e. The second-order valence-electron chi connectivity index (χ2n) is 7.24. The van der Waals surface area contributed by atoms with Gasteiger partial charge < -0.3 is 14.9 Å². The molecule has 0 saturated carbocycles. The van der Waals surface area contributed by atoms with Gasteiger partial charge in [0.2, 0.25) is 0 Å². The van der Waals surface area contributed by atoms with Crippen molar-refractivity contribution in [2.24, 2.45) is 0 Å². The van der Waals surface area contributed by atoms with E-state index in [2.05, 4.69) is 65.3 Å². The number of hydrogen-bond acceptors (Lipinski definition) is 3. The van der Waals surface area contributed by atoms with Gasteiger partial charge in [-0.2, -0.15) is 0 Å². The largest absolute Gasteiger partial charge is 0.385 e. The van der Waals surface area contributed by atoms with Crippen LogP contribution < -0.4 is 0 Å². The quantitative estimate of drug-likeness (QED) is 0.872. The molecule has 0 bridgehead atoms. The first-order valence-corrected chi connectivity index (χ1v) is 9.41. The number of aliphatic hydroxyl groups is 1. The van der Waals surface area contributed by atoms with E-state index < -0.39 is 5.60 Å². The molecule has 1 aliphatic heterocycles. The molecule has 3 nitrogen and oxygen atoms in total. The molecule has 1 atom stereocenters. The summed E-state index contributed by atoms with van der Waals surface area (Å²) in [5.41, 5.74) is 2.62. The smallest absolute Gasteiger partial charge is 0.0880 e. The van der Waals surface area contributed by atoms with E-state index >= 15 is 0 Å². The third-order valence-corrected chi connectivity index (χ3v) is 5.44. The van der Waals surface area contributed by atoms with E-state index in [0.717, 1.165) is 51.3 Å². The van der Waals surface area contributed by atoms with Crippen LogP contribution in [0.2, 0.25) is 0 Å². The van der Waals surface area contributed by atoms with Crippen LogP contribution in [0.5, 0.6) is 0 Å². The molecule has 134 valence electrons. The Kier molecular flexibility index (Phi) is 5.89. The normalized spacial score (nSPS) is 18.8. The van der Waals surface area contributed by atoms with Crippen molar-refractivity contribution in [1.29, 1.82) is 0 Å². The average molecular weight is 338 g/mol. The molecule has 1 saturated heterocycles. The molecule has 1 unspecified atom stereocenters. The molecule has 3 rings (SSSR count). The number of piperazine rings is 1. The Morgan fingerprint density at radius 3 is 2.00 bits per heavy atom. The van der Waals surface area contributed by atoms with E-state index in [-0.39, 0.29) is 0 Å². The molecule has 0 aromatic heterocycles. The van der Waals surface area contributed by atoms with Gasteiger partial charge in [-0.05, 0) is 36.6 Å². The van der Waals surface area contributed by atoms with Crippen LogP contribution in [0.25, 0.3) is 11.1 Å². The molecule has 0 amide bonds. The summed E-state index contributed by atoms with van der Waals surface area (Å²) in [6.07, 6.45) is 0.768. The molecule has 0 radical (unpaired) electrons. The second kappa shape index (κ2) is 8.13. The zero-order valence-electron chi connectivity index (χ0n) is 15.5. The van der Waals surface area contributed by atoms with Crippen molar-refractivity contribution in [3.8, 4) is 11.1 Å². The first kappa shape index (κ1) is 18.1. The Labute approximate surface area is 151 Å². The van der Waals surface area contributed by atoms with Gasteiger partial charge in [-0.25, -0.2) is 0 Å². The fraction of sp³-hybridized carbons (Fsp3) is 0.455. The minimum atomic E-state index is -0.781. The highest BCUT2D eigenvalue weighted by atomic mass is 16.3. The Balaban J connectivity index is 1.58. The lowest BCUT2D eigenvalue weighted by Crippen LogP contribution is -2.47. The summed E-state index contributed by atoms with van der Waals surface area (Å²) >= 11 is 0. The van der Waals surface area contributed by atoms with Gasteiger partial charge >= 0.3 is 0 Å². The Hall–Kier alpha value is -1.68. The molecule has 2 aromatic rings. The summed E-state index contributed by atoms with van der Waals surface area (Å²) in [5, 5.41) is 10.9. The topological polar surface area (TPSA) is 26.7 Å². The molecule has 1 heterocycles. The number of nitrogens with zero attached hydrogens (tertiary/aromatic N) is 2. The summed E-state index contributed by atoms with van der Waals surface area (Å²) in [7, 11) is 0. The Morgan fingerprint density at radius 2 is 1.40 bits per heavy atom. The van der Waals surface area contributed by atoms with Crippen molar-refractivity contribution in [1.82, 2.24) is 9.80 Å². The lowest BCUT2D eigenvalue weighted by Gasteiger charge is -2.35. The predicted molar refractivity (Wildman–Crippen MR) is 105 cm³/mol. The van der Waals surface area contributed by atoms with Gasteiger partial charge in [0.15, 0.2) is 0 Å². The van der Waals surface area contributed by atoms with E-state index in [9.17, 15) is 5.11 Å². The van der Waals surface area contributed by atoms with E-state index in [1.807, 2.05) is 13.0 Å². The molecule has 0 aliphatic carbocycles. The van der Waals surface area contributed by atoms with Crippen molar-refractivity contribution in [2.45, 2.75) is 25.9 Å². The lowest BCUT2D eigenvalue weighted by molar-refractivity contribution is 0.0288. The highest BCUT2D eigenvalue weighted by Gasteiger charge is 2.25. The molecule has 25 heavy (non-hydrogen) atoms. The van der Waals surface area contributed by atoms with Crippen molar-refractivity contribution in [3.05, 3.63) is 60.2 Å². The van der Waals surface area contributed by atoms with Gasteiger partial charge in [-0.3, -0.25) is 0 Å². The zero-order chi connectivity index (χ0) is 17.7. The third kappa shape index (κ3) is 4.69. The Morgan fingerprint density at radius 1 is 0.840 bits per heavy atom. The number of rotatable bonds is 6. The van der Waals surface area contributed by atoms with Gasteiger partial charge in [0.05, 0.1) is 5.60 Å². The molecule has 1 fully saturated rings. The molecular weight excluding hydrogens is 308 g/mol. The molecular formula is C22H30N2O. The summed E-state index contributed by atoms with van der Waals surface area (Å²) < 4.78 is 0. The predicted octanol–water partition coefficient (Wildman–Crippen LogP) is 3.59. The molecule has 0 spiro atoms. The van der Waals surface area contributed by atoms with Crippen LogP contribution in [0.4, 0.5) is 0 Å². The fourth-order valence-electron chi connectivity index (χ4n) is 3.50. The number of likely N-dealkylation sites (N-methyl/N-ethyl adjacent to an activating group) is 1. The van der Waals surface area contributed by atoms with Crippen LogP contribution in [-0.4, -0.2) is 54.2 Å². The molecule has 1 N–H and O–H groups in total. The number of hydrogen-bond donors (Lipinski definition) is 1. The highest BCUT2D eigenvalue weighted by molar-refractivity contribution is 5.63. The average Bonchev–Trinajstić information content (AvgIpc) is 2.68. The Bertz CT molecular complexity index is 643. The van der Waals surface area contributed by atoms with Crippen molar-refractivity contribution in [2.75, 3.05) is 39.3 Å². The third-order valence-electron chi connectivity index (χ3n) is 5.44. The second-order valence-corrected chi connectivity index (χ2v) is 7.24. The van der Waals surface area contributed by atoms with Crippen LogP contribution >= 0.6 is 0 Å². The maximum atomic E-state index is 10.9. The van der Waals surface area contributed by atoms with E-state index in [1.54, 1.807) is 0 Å². The van der Waals surface area contributed by atoms with E-state index in [0.29, 0.717) is 0 Å². The molecule has 1 aliphatic rings. The summed E-state index contributed by atoms with van der Waals surface area (Å²) in [5.74, 6) is 0. The maximum Gasteiger partial charge on any atom is 0.0880 e. The van der Waals surface area contributed by atoms with Crippen molar-refractivity contribution < 1.29 is 5.11 Å². The fourth-order valence-corrected chi connectivity index (χ4v) is 3.50. The summed E-state index contributed by atoms with van der Waals surface area (Å²) in [6, 6.07) is 18.7. The SMILES string of the molecule is CCN1CCN(CCC(C)(O)c2ccc(-c3ccccc3)cc2)CC1. The molecule has 2 aromatic carbocycles.